The van der Waals surface area contributed by atoms with E-state index in [2.05, 4.69) is 9.97 Å². The van der Waals surface area contributed by atoms with Crippen molar-refractivity contribution in [1.82, 2.24) is 9.97 Å². The van der Waals surface area contributed by atoms with Gasteiger partial charge in [0, 0.05) is 5.02 Å². The quantitative estimate of drug-likeness (QED) is 0.754. The van der Waals surface area contributed by atoms with E-state index in [-0.39, 0.29) is 11.4 Å². The third kappa shape index (κ3) is 2.57. The van der Waals surface area contributed by atoms with Crippen molar-refractivity contribution in [3.63, 3.8) is 0 Å². The smallest absolute Gasteiger partial charge is 0.262 e. The van der Waals surface area contributed by atoms with Crippen LogP contribution in [0.25, 0.3) is 21.8 Å². The molecule has 0 amide bonds. The van der Waals surface area contributed by atoms with Gasteiger partial charge in [0.15, 0.2) is 5.82 Å². The van der Waals surface area contributed by atoms with Gasteiger partial charge in [0.25, 0.3) is 5.56 Å². The van der Waals surface area contributed by atoms with Crippen LogP contribution in [-0.2, 0) is 0 Å². The van der Waals surface area contributed by atoms with Gasteiger partial charge in [-0.05, 0) is 41.6 Å². The molecule has 2 aromatic heterocycles. The first-order valence-corrected chi connectivity index (χ1v) is 7.45. The van der Waals surface area contributed by atoms with Crippen LogP contribution in [0.4, 0.5) is 0 Å². The predicted molar refractivity (Wildman–Crippen MR) is 85.0 cm³/mol. The highest BCUT2D eigenvalue weighted by atomic mass is 35.5. The van der Waals surface area contributed by atoms with Crippen molar-refractivity contribution >= 4 is 22.9 Å². The molecule has 2 heterocycles. The van der Waals surface area contributed by atoms with Gasteiger partial charge in [-0.15, -0.1) is 11.3 Å². The maximum Gasteiger partial charge on any atom is 0.262 e. The van der Waals surface area contributed by atoms with Crippen LogP contribution >= 0.6 is 22.9 Å². The zero-order valence-electron chi connectivity index (χ0n) is 11.1. The Balaban J connectivity index is 2.18. The Morgan fingerprint density at radius 1 is 1.33 bits per heavy atom. The van der Waals surface area contributed by atoms with Crippen molar-refractivity contribution in [3.05, 3.63) is 56.7 Å². The number of hydrogen-bond acceptors (Lipinski definition) is 4. The summed E-state index contributed by atoms with van der Waals surface area (Å²) in [4.78, 5) is 19.9. The lowest BCUT2D eigenvalue weighted by atomic mass is 10.1. The summed E-state index contributed by atoms with van der Waals surface area (Å²) in [6.45, 7) is 1.92. The molecule has 0 aliphatic heterocycles. The minimum atomic E-state index is -0.396. The van der Waals surface area contributed by atoms with Crippen LogP contribution in [0.15, 0.2) is 40.5 Å². The van der Waals surface area contributed by atoms with Crippen LogP contribution in [0.1, 0.15) is 5.56 Å². The fourth-order valence-corrected chi connectivity index (χ4v) is 3.15. The topological polar surface area (TPSA) is 66.0 Å². The lowest BCUT2D eigenvalue weighted by Crippen LogP contribution is -2.12. The molecule has 2 N–H and O–H groups in total. The average molecular weight is 319 g/mol. The molecule has 0 saturated carbocycles. The molecule has 0 aliphatic carbocycles. The third-order valence-electron chi connectivity index (χ3n) is 3.09. The summed E-state index contributed by atoms with van der Waals surface area (Å²) in [7, 11) is 0. The van der Waals surface area contributed by atoms with Crippen molar-refractivity contribution in [2.24, 2.45) is 0 Å². The van der Waals surface area contributed by atoms with E-state index in [0.29, 0.717) is 16.4 Å². The van der Waals surface area contributed by atoms with Crippen LogP contribution in [-0.4, -0.2) is 15.1 Å². The number of nitrogens with zero attached hydrogens (tertiary/aromatic N) is 1. The minimum Gasteiger partial charge on any atom is -0.493 e. The van der Waals surface area contributed by atoms with E-state index in [1.165, 1.54) is 11.3 Å². The molecule has 6 heteroatoms. The van der Waals surface area contributed by atoms with E-state index in [4.69, 9.17) is 11.6 Å². The maximum atomic E-state index is 12.3. The second kappa shape index (κ2) is 5.35. The predicted octanol–water partition coefficient (Wildman–Crippen LogP) is 3.83. The van der Waals surface area contributed by atoms with Gasteiger partial charge in [0.2, 0.25) is 5.88 Å². The number of H-pyrrole nitrogens is 1. The van der Waals surface area contributed by atoms with Crippen LogP contribution in [0.5, 0.6) is 5.88 Å². The number of benzene rings is 1. The highest BCUT2D eigenvalue weighted by Gasteiger charge is 2.15. The number of aromatic nitrogens is 2. The molecule has 0 atom stereocenters. The van der Waals surface area contributed by atoms with Crippen molar-refractivity contribution < 1.29 is 5.11 Å². The number of halogens is 1. The lowest BCUT2D eigenvalue weighted by molar-refractivity contribution is 0.454. The van der Waals surface area contributed by atoms with E-state index >= 15 is 0 Å². The van der Waals surface area contributed by atoms with Gasteiger partial charge in [-0.3, -0.25) is 4.79 Å². The molecule has 106 valence electrons. The normalized spacial score (nSPS) is 10.8. The van der Waals surface area contributed by atoms with Crippen molar-refractivity contribution in [1.29, 1.82) is 0 Å². The molecule has 1 aromatic carbocycles. The highest BCUT2D eigenvalue weighted by Crippen LogP contribution is 2.30. The van der Waals surface area contributed by atoms with Crippen LogP contribution in [0, 0.1) is 6.92 Å². The molecule has 0 bridgehead atoms. The van der Waals surface area contributed by atoms with Gasteiger partial charge in [0.05, 0.1) is 4.88 Å². The van der Waals surface area contributed by atoms with Gasteiger partial charge in [0.1, 0.15) is 5.56 Å². The number of hydrogen-bond donors (Lipinski definition) is 2. The Kier molecular flexibility index (Phi) is 3.53. The van der Waals surface area contributed by atoms with Crippen LogP contribution < -0.4 is 5.56 Å². The molecular formula is C15H11ClN2O2S. The first kappa shape index (κ1) is 13.9. The Labute approximate surface area is 129 Å². The molecule has 4 nitrogen and oxygen atoms in total. The average Bonchev–Trinajstić information content (AvgIpc) is 2.84. The maximum absolute atomic E-state index is 12.3. The van der Waals surface area contributed by atoms with Gasteiger partial charge < -0.3 is 10.1 Å². The molecule has 0 radical (unpaired) electrons. The molecule has 0 fully saturated rings. The minimum absolute atomic E-state index is 0.121. The van der Waals surface area contributed by atoms with E-state index < -0.39 is 5.56 Å². The van der Waals surface area contributed by atoms with Gasteiger partial charge in [-0.2, -0.15) is 4.98 Å². The largest absolute Gasteiger partial charge is 0.493 e. The number of aromatic amines is 1. The van der Waals surface area contributed by atoms with Gasteiger partial charge in [-0.1, -0.05) is 23.7 Å². The van der Waals surface area contributed by atoms with E-state index in [1.807, 2.05) is 18.4 Å². The Hall–Kier alpha value is -2.11. The standard InChI is InChI=1S/C15H11ClN2O2S/c1-8-5-6-21-12(8)13-17-14(19)11(15(20)18-13)9-3-2-4-10(16)7-9/h2-7H,1H3,(H2,17,18,19,20). The van der Waals surface area contributed by atoms with Gasteiger partial charge >= 0.3 is 0 Å². The number of thiophene rings is 1. The third-order valence-corrected chi connectivity index (χ3v) is 4.35. The number of aryl methyl sites for hydroxylation is 1. The lowest BCUT2D eigenvalue weighted by Gasteiger charge is -2.06. The summed E-state index contributed by atoms with van der Waals surface area (Å²) in [5.74, 6) is 0.0691. The zero-order chi connectivity index (χ0) is 15.0. The van der Waals surface area contributed by atoms with Gasteiger partial charge in [-0.25, -0.2) is 0 Å². The van der Waals surface area contributed by atoms with Crippen LogP contribution in [0.3, 0.4) is 0 Å². The molecule has 3 aromatic rings. The molecule has 0 aliphatic rings. The summed E-state index contributed by atoms with van der Waals surface area (Å²) in [5.41, 5.74) is 1.25. The summed E-state index contributed by atoms with van der Waals surface area (Å²) >= 11 is 7.38. The monoisotopic (exact) mass is 318 g/mol. The van der Waals surface area contributed by atoms with E-state index in [9.17, 15) is 9.90 Å². The van der Waals surface area contributed by atoms with E-state index in [1.54, 1.807) is 24.3 Å². The highest BCUT2D eigenvalue weighted by molar-refractivity contribution is 7.13. The number of aromatic hydroxyl groups is 1. The number of rotatable bonds is 2. The summed E-state index contributed by atoms with van der Waals surface area (Å²) in [5, 5.41) is 12.5. The molecule has 21 heavy (non-hydrogen) atoms. The molecule has 0 spiro atoms. The van der Waals surface area contributed by atoms with Crippen LogP contribution in [0.2, 0.25) is 5.02 Å². The first-order valence-electron chi connectivity index (χ1n) is 6.20. The second-order valence-electron chi connectivity index (χ2n) is 4.56. The Morgan fingerprint density at radius 2 is 2.14 bits per heavy atom. The summed E-state index contributed by atoms with van der Waals surface area (Å²) in [6.07, 6.45) is 0. The molecule has 0 saturated heterocycles. The van der Waals surface area contributed by atoms with Crippen molar-refractivity contribution in [2.45, 2.75) is 6.92 Å². The summed E-state index contributed by atoms with van der Waals surface area (Å²) in [6, 6.07) is 8.67. The molecule has 0 unspecified atom stereocenters. The molecular weight excluding hydrogens is 308 g/mol. The van der Waals surface area contributed by atoms with Crippen molar-refractivity contribution in [2.75, 3.05) is 0 Å². The fourth-order valence-electron chi connectivity index (χ4n) is 2.09. The molecule has 3 rings (SSSR count). The SMILES string of the molecule is Cc1ccsc1-c1nc(O)c(-c2cccc(Cl)c2)c(=O)[nH]1. The fraction of sp³-hybridized carbons (Fsp3) is 0.0667. The zero-order valence-corrected chi connectivity index (χ0v) is 12.6. The Morgan fingerprint density at radius 3 is 2.76 bits per heavy atom. The summed E-state index contributed by atoms with van der Waals surface area (Å²) < 4.78 is 0. The second-order valence-corrected chi connectivity index (χ2v) is 5.91. The number of nitrogens with one attached hydrogen (secondary N) is 1. The van der Waals surface area contributed by atoms with Crippen molar-refractivity contribution in [3.8, 4) is 27.7 Å². The van der Waals surface area contributed by atoms with E-state index in [0.717, 1.165) is 10.4 Å². The Bertz CT molecular complexity index is 870. The first-order chi connectivity index (χ1) is 10.1.